The Bertz CT molecular complexity index is 571. The zero-order valence-corrected chi connectivity index (χ0v) is 18.3. The smallest absolute Gasteiger partial charge is 0.244 e. The van der Waals surface area contributed by atoms with Gasteiger partial charge >= 0.3 is 0 Å². The number of halogens is 1. The van der Waals surface area contributed by atoms with Gasteiger partial charge < -0.3 is 20.3 Å². The van der Waals surface area contributed by atoms with Crippen molar-refractivity contribution in [1.29, 1.82) is 0 Å². The van der Waals surface area contributed by atoms with Crippen LogP contribution in [0.15, 0.2) is 29.3 Å². The fraction of sp³-hybridized carbons (Fsp3) is 0.579. The molecule has 7 heteroatoms. The maximum atomic E-state index is 12.1. The lowest BCUT2D eigenvalue weighted by molar-refractivity contribution is -0.128. The van der Waals surface area contributed by atoms with Crippen LogP contribution in [-0.4, -0.2) is 55.6 Å². The third kappa shape index (κ3) is 7.80. The first-order valence-corrected chi connectivity index (χ1v) is 9.11. The lowest BCUT2D eigenvalue weighted by Crippen LogP contribution is -2.42. The quantitative estimate of drug-likeness (QED) is 0.362. The number of benzene rings is 1. The van der Waals surface area contributed by atoms with Crippen LogP contribution in [0.2, 0.25) is 0 Å². The van der Waals surface area contributed by atoms with Crippen LogP contribution in [0, 0.1) is 6.92 Å². The molecule has 0 radical (unpaired) electrons. The van der Waals surface area contributed by atoms with Gasteiger partial charge in [0.05, 0.1) is 6.54 Å². The van der Waals surface area contributed by atoms with Crippen LogP contribution in [0.25, 0.3) is 0 Å². The molecule has 1 aromatic carbocycles. The highest BCUT2D eigenvalue weighted by molar-refractivity contribution is 14.0. The second-order valence-electron chi connectivity index (χ2n) is 6.41. The van der Waals surface area contributed by atoms with Crippen molar-refractivity contribution in [2.75, 3.05) is 32.7 Å². The van der Waals surface area contributed by atoms with Crippen molar-refractivity contribution in [1.82, 2.24) is 15.5 Å². The van der Waals surface area contributed by atoms with Crippen LogP contribution >= 0.6 is 24.0 Å². The van der Waals surface area contributed by atoms with Gasteiger partial charge in [-0.25, -0.2) is 4.99 Å². The van der Waals surface area contributed by atoms with Gasteiger partial charge in [0.15, 0.2) is 5.96 Å². The van der Waals surface area contributed by atoms with Crippen LogP contribution in [0.3, 0.4) is 0 Å². The minimum absolute atomic E-state index is 0. The van der Waals surface area contributed by atoms with Gasteiger partial charge in [0.25, 0.3) is 0 Å². The summed E-state index contributed by atoms with van der Waals surface area (Å²) in [4.78, 5) is 18.4. The van der Waals surface area contributed by atoms with E-state index in [2.05, 4.69) is 22.5 Å². The number of nitrogens with zero attached hydrogens (tertiary/aromatic N) is 2. The van der Waals surface area contributed by atoms with Gasteiger partial charge in [-0.3, -0.25) is 4.79 Å². The van der Waals surface area contributed by atoms with E-state index in [4.69, 9.17) is 4.74 Å². The Hall–Kier alpha value is -1.51. The molecule has 1 atom stereocenters. The fourth-order valence-corrected chi connectivity index (χ4v) is 2.69. The molecule has 2 rings (SSSR count). The highest BCUT2D eigenvalue weighted by Crippen LogP contribution is 2.13. The number of nitrogens with one attached hydrogen (secondary N) is 2. The minimum Gasteiger partial charge on any atom is -0.489 e. The molecule has 146 valence electrons. The van der Waals surface area contributed by atoms with Gasteiger partial charge in [-0.1, -0.05) is 17.7 Å². The minimum atomic E-state index is -0.0131. The molecule has 1 fully saturated rings. The van der Waals surface area contributed by atoms with Gasteiger partial charge in [-0.15, -0.1) is 24.0 Å². The highest BCUT2D eigenvalue weighted by Gasteiger charge is 2.17. The zero-order chi connectivity index (χ0) is 18.1. The number of carbonyl (C=O) groups excluding carboxylic acids is 1. The molecule has 0 spiro atoms. The van der Waals surface area contributed by atoms with Crippen molar-refractivity contribution in [2.45, 2.75) is 39.7 Å². The summed E-state index contributed by atoms with van der Waals surface area (Å²) >= 11 is 0. The summed E-state index contributed by atoms with van der Waals surface area (Å²) in [6.45, 7) is 9.32. The molecule has 1 saturated heterocycles. The topological polar surface area (TPSA) is 66.0 Å². The first-order valence-electron chi connectivity index (χ1n) is 9.11. The predicted molar refractivity (Wildman–Crippen MR) is 116 cm³/mol. The lowest BCUT2D eigenvalue weighted by atomic mass is 10.2. The molecule has 1 aromatic rings. The van der Waals surface area contributed by atoms with E-state index in [0.29, 0.717) is 12.5 Å². The Balaban J connectivity index is 0.00000338. The number of carbonyl (C=O) groups is 1. The van der Waals surface area contributed by atoms with Crippen LogP contribution in [0.4, 0.5) is 0 Å². The Morgan fingerprint density at radius 3 is 2.50 bits per heavy atom. The van der Waals surface area contributed by atoms with Gasteiger partial charge in [0.1, 0.15) is 18.4 Å². The Morgan fingerprint density at radius 1 is 1.23 bits per heavy atom. The Labute approximate surface area is 173 Å². The number of aliphatic imine (C=N–C) groups is 1. The van der Waals surface area contributed by atoms with Crippen molar-refractivity contribution in [3.63, 3.8) is 0 Å². The summed E-state index contributed by atoms with van der Waals surface area (Å²) in [5.74, 6) is 1.60. The molecule has 1 aliphatic heterocycles. The van der Waals surface area contributed by atoms with E-state index in [1.54, 1.807) is 0 Å². The van der Waals surface area contributed by atoms with Gasteiger partial charge in [0, 0.05) is 19.6 Å². The second-order valence-corrected chi connectivity index (χ2v) is 6.41. The monoisotopic (exact) mass is 474 g/mol. The normalized spacial score (nSPS) is 15.2. The lowest BCUT2D eigenvalue weighted by Gasteiger charge is -2.18. The number of ether oxygens (including phenoxy) is 1. The first kappa shape index (κ1) is 22.5. The number of amides is 1. The van der Waals surface area contributed by atoms with Crippen molar-refractivity contribution < 1.29 is 9.53 Å². The number of hydrogen-bond acceptors (Lipinski definition) is 3. The molecule has 1 aliphatic rings. The molecule has 1 heterocycles. The molecule has 1 amide bonds. The number of guanidine groups is 1. The van der Waals surface area contributed by atoms with E-state index in [0.717, 1.165) is 38.2 Å². The maximum absolute atomic E-state index is 12.1. The van der Waals surface area contributed by atoms with Crippen LogP contribution in [0.5, 0.6) is 5.75 Å². The van der Waals surface area contributed by atoms with Crippen molar-refractivity contribution in [3.8, 4) is 5.75 Å². The van der Waals surface area contributed by atoms with E-state index < -0.39 is 0 Å². The fourth-order valence-electron chi connectivity index (χ4n) is 2.69. The molecular formula is C19H31IN4O2. The van der Waals surface area contributed by atoms with Gasteiger partial charge in [0.2, 0.25) is 5.91 Å². The van der Waals surface area contributed by atoms with Gasteiger partial charge in [-0.05, 0) is 45.7 Å². The largest absolute Gasteiger partial charge is 0.489 e. The Morgan fingerprint density at radius 2 is 1.88 bits per heavy atom. The summed E-state index contributed by atoms with van der Waals surface area (Å²) < 4.78 is 5.88. The highest BCUT2D eigenvalue weighted by atomic mass is 127. The van der Waals surface area contributed by atoms with Crippen molar-refractivity contribution in [3.05, 3.63) is 29.8 Å². The summed E-state index contributed by atoms with van der Waals surface area (Å²) in [5.41, 5.74) is 1.21. The van der Waals surface area contributed by atoms with E-state index in [1.165, 1.54) is 5.56 Å². The summed E-state index contributed by atoms with van der Waals surface area (Å²) in [5, 5.41) is 6.41. The van der Waals surface area contributed by atoms with Crippen LogP contribution < -0.4 is 15.4 Å². The third-order valence-electron chi connectivity index (χ3n) is 4.09. The summed E-state index contributed by atoms with van der Waals surface area (Å²) in [6.07, 6.45) is 2.18. The number of likely N-dealkylation sites (tertiary alicyclic amines) is 1. The SMILES string of the molecule is CCNC(=NCC(=O)N1CCCC1)NCC(C)Oc1ccc(C)cc1.I. The van der Waals surface area contributed by atoms with E-state index in [1.807, 2.05) is 43.0 Å². The van der Waals surface area contributed by atoms with Crippen LogP contribution in [-0.2, 0) is 4.79 Å². The van der Waals surface area contributed by atoms with Crippen molar-refractivity contribution in [2.24, 2.45) is 4.99 Å². The maximum Gasteiger partial charge on any atom is 0.244 e. The molecule has 2 N–H and O–H groups in total. The number of aryl methyl sites for hydroxylation is 1. The van der Waals surface area contributed by atoms with E-state index in [9.17, 15) is 4.79 Å². The molecule has 0 aromatic heterocycles. The third-order valence-corrected chi connectivity index (χ3v) is 4.09. The summed E-state index contributed by atoms with van der Waals surface area (Å²) in [6, 6.07) is 8.01. The molecule has 0 bridgehead atoms. The number of rotatable bonds is 7. The standard InChI is InChI=1S/C19H30N4O2.HI/c1-4-20-19(22-14-18(24)23-11-5-6-12-23)21-13-16(3)25-17-9-7-15(2)8-10-17;/h7-10,16H,4-6,11-14H2,1-3H3,(H2,20,21,22);1H. The van der Waals surface area contributed by atoms with Gasteiger partial charge in [-0.2, -0.15) is 0 Å². The number of hydrogen-bond donors (Lipinski definition) is 2. The molecule has 6 nitrogen and oxygen atoms in total. The van der Waals surface area contributed by atoms with Crippen molar-refractivity contribution >= 4 is 35.8 Å². The first-order chi connectivity index (χ1) is 12.1. The zero-order valence-electron chi connectivity index (χ0n) is 16.0. The second kappa shape index (κ2) is 12.0. The molecule has 0 aliphatic carbocycles. The average Bonchev–Trinajstić information content (AvgIpc) is 3.14. The van der Waals surface area contributed by atoms with Crippen LogP contribution in [0.1, 0.15) is 32.3 Å². The van der Waals surface area contributed by atoms with E-state index in [-0.39, 0.29) is 42.5 Å². The molecule has 26 heavy (non-hydrogen) atoms. The average molecular weight is 474 g/mol. The summed E-state index contributed by atoms with van der Waals surface area (Å²) in [7, 11) is 0. The molecular weight excluding hydrogens is 443 g/mol. The predicted octanol–water partition coefficient (Wildman–Crippen LogP) is 2.56. The Kier molecular flexibility index (Phi) is 10.4. The molecule has 1 unspecified atom stereocenters. The van der Waals surface area contributed by atoms with E-state index >= 15 is 0 Å². The molecule has 0 saturated carbocycles.